The van der Waals surface area contributed by atoms with Crippen molar-refractivity contribution in [3.63, 3.8) is 0 Å². The Bertz CT molecular complexity index is 341. The monoisotopic (exact) mass is 286 g/mol. The number of hydrogen-bond donors (Lipinski definition) is 3. The summed E-state index contributed by atoms with van der Waals surface area (Å²) < 4.78 is 0. The van der Waals surface area contributed by atoms with Gasteiger partial charge >= 0.3 is 5.97 Å². The van der Waals surface area contributed by atoms with E-state index >= 15 is 0 Å². The Balaban J connectivity index is 2.41. The van der Waals surface area contributed by atoms with Crippen LogP contribution in [0.25, 0.3) is 0 Å². The molecule has 0 heterocycles. The number of rotatable bonds is 6. The molecule has 0 aromatic carbocycles. The minimum atomic E-state index is -1.05. The summed E-state index contributed by atoms with van der Waals surface area (Å²) in [6.07, 6.45) is 6.04. The van der Waals surface area contributed by atoms with E-state index in [1.54, 1.807) is 6.92 Å². The highest BCUT2D eigenvalue weighted by atomic mass is 32.1. The van der Waals surface area contributed by atoms with Gasteiger partial charge < -0.3 is 15.7 Å². The molecule has 19 heavy (non-hydrogen) atoms. The number of carboxylic acid groups (broad SMARTS) is 1. The molecule has 6 heteroatoms. The van der Waals surface area contributed by atoms with Crippen LogP contribution < -0.4 is 10.6 Å². The Kier molecular flexibility index (Phi) is 6.77. The molecule has 3 N–H and O–H groups in total. The minimum Gasteiger partial charge on any atom is -0.480 e. The lowest BCUT2D eigenvalue weighted by atomic mass is 9.96. The predicted molar refractivity (Wildman–Crippen MR) is 77.1 cm³/mol. The first-order valence-electron chi connectivity index (χ1n) is 6.84. The third-order valence-corrected chi connectivity index (χ3v) is 3.61. The molecule has 0 aromatic rings. The fourth-order valence-corrected chi connectivity index (χ4v) is 2.51. The molecule has 1 rings (SSSR count). The highest BCUT2D eigenvalue weighted by Gasteiger charge is 2.22. The van der Waals surface area contributed by atoms with E-state index in [0.29, 0.717) is 17.6 Å². The second kappa shape index (κ2) is 8.09. The Morgan fingerprint density at radius 2 is 1.95 bits per heavy atom. The Hall–Kier alpha value is -1.17. The van der Waals surface area contributed by atoms with Crippen molar-refractivity contribution < 1.29 is 14.7 Å². The van der Waals surface area contributed by atoms with Crippen LogP contribution >= 0.6 is 12.2 Å². The summed E-state index contributed by atoms with van der Waals surface area (Å²) in [5.41, 5.74) is 0. The average molecular weight is 286 g/mol. The number of Topliss-reactive ketones (excluding diaryl/α,β-unsaturated/α-hetero) is 1. The highest BCUT2D eigenvalue weighted by molar-refractivity contribution is 7.80. The average Bonchev–Trinajstić information content (AvgIpc) is 2.38. The molecule has 1 fully saturated rings. The molecule has 1 atom stereocenters. The van der Waals surface area contributed by atoms with Crippen molar-refractivity contribution in [2.75, 3.05) is 0 Å². The zero-order valence-electron chi connectivity index (χ0n) is 11.3. The third kappa shape index (κ3) is 6.00. The minimum absolute atomic E-state index is 0.0294. The molecule has 0 aromatic heterocycles. The number of nitrogens with one attached hydrogen (secondary N) is 2. The summed E-state index contributed by atoms with van der Waals surface area (Å²) in [6.45, 7) is 1.72. The summed E-state index contributed by atoms with van der Waals surface area (Å²) in [5.74, 6) is -1.13. The second-order valence-electron chi connectivity index (χ2n) is 4.94. The number of carboxylic acids is 1. The standard InChI is InChI=1S/C13H22N2O3S/c1-2-10(16)8-11(12(17)18)15-13(19)14-9-6-4-3-5-7-9/h9,11H,2-8H2,1H3,(H,17,18)(H2,14,15,19). The van der Waals surface area contributed by atoms with Gasteiger partial charge in [-0.2, -0.15) is 0 Å². The molecule has 1 unspecified atom stereocenters. The maximum absolute atomic E-state index is 11.3. The second-order valence-corrected chi connectivity index (χ2v) is 5.35. The maximum Gasteiger partial charge on any atom is 0.326 e. The zero-order valence-corrected chi connectivity index (χ0v) is 12.1. The number of aliphatic carboxylic acids is 1. The predicted octanol–water partition coefficient (Wildman–Crippen LogP) is 1.61. The summed E-state index contributed by atoms with van der Waals surface area (Å²) in [4.78, 5) is 22.4. The van der Waals surface area contributed by atoms with Crippen molar-refractivity contribution >= 4 is 29.1 Å². The van der Waals surface area contributed by atoms with E-state index in [9.17, 15) is 9.59 Å². The van der Waals surface area contributed by atoms with Gasteiger partial charge in [0.2, 0.25) is 0 Å². The molecule has 0 bridgehead atoms. The largest absolute Gasteiger partial charge is 0.480 e. The van der Waals surface area contributed by atoms with Gasteiger partial charge in [0, 0.05) is 18.9 Å². The third-order valence-electron chi connectivity index (χ3n) is 3.37. The van der Waals surface area contributed by atoms with E-state index in [0.717, 1.165) is 12.8 Å². The molecule has 0 amide bonds. The van der Waals surface area contributed by atoms with Gasteiger partial charge in [-0.3, -0.25) is 4.79 Å². The van der Waals surface area contributed by atoms with Gasteiger partial charge in [-0.15, -0.1) is 0 Å². The molecule has 108 valence electrons. The topological polar surface area (TPSA) is 78.4 Å². The fourth-order valence-electron chi connectivity index (χ4n) is 2.20. The SMILES string of the molecule is CCC(=O)CC(NC(=S)NC1CCCCC1)C(=O)O. The van der Waals surface area contributed by atoms with Crippen LogP contribution in [0.4, 0.5) is 0 Å². The first kappa shape index (κ1) is 15.9. The van der Waals surface area contributed by atoms with Crippen molar-refractivity contribution in [2.45, 2.75) is 64.0 Å². The summed E-state index contributed by atoms with van der Waals surface area (Å²) in [7, 11) is 0. The van der Waals surface area contributed by atoms with E-state index in [4.69, 9.17) is 17.3 Å². The van der Waals surface area contributed by atoms with Crippen LogP contribution in [0.1, 0.15) is 51.9 Å². The van der Waals surface area contributed by atoms with Gasteiger partial charge in [0.25, 0.3) is 0 Å². The van der Waals surface area contributed by atoms with Crippen LogP contribution in [-0.4, -0.2) is 34.1 Å². The number of thiocarbonyl (C=S) groups is 1. The molecular weight excluding hydrogens is 264 g/mol. The van der Waals surface area contributed by atoms with E-state index in [1.165, 1.54) is 19.3 Å². The van der Waals surface area contributed by atoms with Crippen molar-refractivity contribution in [3.05, 3.63) is 0 Å². The Morgan fingerprint density at radius 1 is 1.32 bits per heavy atom. The van der Waals surface area contributed by atoms with E-state index in [2.05, 4.69) is 10.6 Å². The van der Waals surface area contributed by atoms with Gasteiger partial charge in [0.05, 0.1) is 0 Å². The lowest BCUT2D eigenvalue weighted by Crippen LogP contribution is -2.49. The molecule has 1 aliphatic rings. The van der Waals surface area contributed by atoms with Crippen LogP contribution in [-0.2, 0) is 9.59 Å². The summed E-state index contributed by atoms with van der Waals surface area (Å²) >= 11 is 5.12. The molecule has 5 nitrogen and oxygen atoms in total. The number of ketones is 1. The molecule has 0 aliphatic heterocycles. The smallest absolute Gasteiger partial charge is 0.326 e. The summed E-state index contributed by atoms with van der Waals surface area (Å²) in [5, 5.41) is 15.3. The normalized spacial score (nSPS) is 17.5. The first-order chi connectivity index (χ1) is 9.02. The van der Waals surface area contributed by atoms with Crippen LogP contribution in [0.3, 0.4) is 0 Å². The highest BCUT2D eigenvalue weighted by Crippen LogP contribution is 2.17. The molecule has 0 saturated heterocycles. The summed E-state index contributed by atoms with van der Waals surface area (Å²) in [6, 6.07) is -0.610. The molecule has 0 spiro atoms. The first-order valence-corrected chi connectivity index (χ1v) is 7.25. The fraction of sp³-hybridized carbons (Fsp3) is 0.769. The quantitative estimate of drug-likeness (QED) is 0.644. The molecule has 1 saturated carbocycles. The Labute approximate surface area is 119 Å². The molecular formula is C13H22N2O3S. The lowest BCUT2D eigenvalue weighted by Gasteiger charge is -2.25. The Morgan fingerprint density at radius 3 is 2.47 bits per heavy atom. The lowest BCUT2D eigenvalue weighted by molar-refractivity contribution is -0.140. The van der Waals surface area contributed by atoms with Crippen LogP contribution in [0, 0.1) is 0 Å². The van der Waals surface area contributed by atoms with Gasteiger partial charge in [-0.1, -0.05) is 26.2 Å². The van der Waals surface area contributed by atoms with E-state index < -0.39 is 12.0 Å². The van der Waals surface area contributed by atoms with Gasteiger partial charge in [0.15, 0.2) is 5.11 Å². The zero-order chi connectivity index (χ0) is 14.3. The number of hydrogen-bond acceptors (Lipinski definition) is 3. The van der Waals surface area contributed by atoms with Crippen molar-refractivity contribution in [1.29, 1.82) is 0 Å². The van der Waals surface area contributed by atoms with Crippen LogP contribution in [0.15, 0.2) is 0 Å². The molecule has 1 aliphatic carbocycles. The van der Waals surface area contributed by atoms with Crippen LogP contribution in [0.5, 0.6) is 0 Å². The van der Waals surface area contributed by atoms with Crippen molar-refractivity contribution in [2.24, 2.45) is 0 Å². The van der Waals surface area contributed by atoms with E-state index in [1.807, 2.05) is 0 Å². The maximum atomic E-state index is 11.3. The van der Waals surface area contributed by atoms with Gasteiger partial charge in [0.1, 0.15) is 11.8 Å². The molecule has 0 radical (unpaired) electrons. The van der Waals surface area contributed by atoms with Gasteiger partial charge in [-0.05, 0) is 25.1 Å². The van der Waals surface area contributed by atoms with Gasteiger partial charge in [-0.25, -0.2) is 4.79 Å². The van der Waals surface area contributed by atoms with E-state index in [-0.39, 0.29) is 12.2 Å². The van der Waals surface area contributed by atoms with Crippen molar-refractivity contribution in [3.8, 4) is 0 Å². The number of carbonyl (C=O) groups is 2. The number of carbonyl (C=O) groups excluding carboxylic acids is 1. The van der Waals surface area contributed by atoms with Crippen LogP contribution in [0.2, 0.25) is 0 Å². The van der Waals surface area contributed by atoms with Crippen molar-refractivity contribution in [1.82, 2.24) is 10.6 Å².